The second kappa shape index (κ2) is 31.4. The van der Waals surface area contributed by atoms with Crippen LogP contribution in [0.2, 0.25) is 0 Å². The number of carbonyl (C=O) groups is 3. The second-order valence-corrected chi connectivity index (χ2v) is 13.5. The van der Waals surface area contributed by atoms with E-state index in [1.54, 1.807) is 0 Å². The van der Waals surface area contributed by atoms with Gasteiger partial charge >= 0.3 is 11.9 Å². The van der Waals surface area contributed by atoms with Crippen LogP contribution in [0.15, 0.2) is 0 Å². The summed E-state index contributed by atoms with van der Waals surface area (Å²) in [7, 11) is 0. The summed E-state index contributed by atoms with van der Waals surface area (Å²) in [6.07, 6.45) is 31.8. The molecule has 0 saturated carbocycles. The van der Waals surface area contributed by atoms with Crippen molar-refractivity contribution in [3.63, 3.8) is 0 Å². The predicted octanol–water partition coefficient (Wildman–Crippen LogP) is 9.06. The van der Waals surface area contributed by atoms with Crippen LogP contribution in [-0.4, -0.2) is 58.8 Å². The van der Waals surface area contributed by atoms with Gasteiger partial charge in [-0.2, -0.15) is 0 Å². The lowest BCUT2D eigenvalue weighted by molar-refractivity contribution is -0.929. The van der Waals surface area contributed by atoms with Crippen molar-refractivity contribution < 1.29 is 34.2 Å². The molecule has 0 saturated heterocycles. The second-order valence-electron chi connectivity index (χ2n) is 13.5. The minimum absolute atomic E-state index is 0.0668. The Morgan fingerprint density at radius 3 is 0.932 bits per heavy atom. The number of rotatable bonds is 36. The molecule has 0 radical (unpaired) electrons. The van der Waals surface area contributed by atoms with Gasteiger partial charge < -0.3 is 24.6 Å². The highest BCUT2D eigenvalue weighted by molar-refractivity contribution is 5.66. The normalized spacial score (nSPS) is 11.7. The molecule has 44 heavy (non-hydrogen) atoms. The smallest absolute Gasteiger partial charge is 0.303 e. The third-order valence-corrected chi connectivity index (χ3v) is 9.30. The van der Waals surface area contributed by atoms with Gasteiger partial charge in [-0.25, -0.2) is 0 Å². The van der Waals surface area contributed by atoms with Crippen molar-refractivity contribution in [2.24, 2.45) is 0 Å². The van der Waals surface area contributed by atoms with Gasteiger partial charge in [0, 0.05) is 18.8 Å². The molecule has 0 fully saturated rings. The maximum absolute atomic E-state index is 11.0. The van der Waals surface area contributed by atoms with Crippen molar-refractivity contribution in [2.45, 2.75) is 193 Å². The molecule has 260 valence electrons. The first kappa shape index (κ1) is 42.4. The molecule has 0 aliphatic heterocycles. The SMILES string of the molecule is CCCCCCCCCCCCCCCCCCCCCC[N+](CCCCC(=O)[O-])(CCCCC(=O)O)CCCCC(=O)O. The first-order chi connectivity index (χ1) is 21.3. The van der Waals surface area contributed by atoms with Crippen LogP contribution in [0.5, 0.6) is 0 Å². The van der Waals surface area contributed by atoms with E-state index in [1.807, 2.05) is 0 Å². The Kier molecular flexibility index (Phi) is 30.2. The zero-order valence-corrected chi connectivity index (χ0v) is 28.8. The average Bonchev–Trinajstić information content (AvgIpc) is 2.98. The van der Waals surface area contributed by atoms with E-state index >= 15 is 0 Å². The molecular formula is C37H71NO6. The van der Waals surface area contributed by atoms with Gasteiger partial charge in [0.25, 0.3) is 0 Å². The lowest BCUT2D eigenvalue weighted by Gasteiger charge is -2.39. The largest absolute Gasteiger partial charge is 0.550 e. The van der Waals surface area contributed by atoms with E-state index < -0.39 is 17.9 Å². The monoisotopic (exact) mass is 626 g/mol. The molecule has 0 unspecified atom stereocenters. The van der Waals surface area contributed by atoms with Gasteiger partial charge in [-0.15, -0.1) is 0 Å². The first-order valence-electron chi connectivity index (χ1n) is 18.8. The molecule has 0 amide bonds. The molecule has 0 spiro atoms. The molecule has 7 heteroatoms. The predicted molar refractivity (Wildman–Crippen MR) is 180 cm³/mol. The summed E-state index contributed by atoms with van der Waals surface area (Å²) in [6, 6.07) is 0. The fraction of sp³-hybridized carbons (Fsp3) is 0.919. The summed E-state index contributed by atoms with van der Waals surface area (Å²) < 4.78 is 0.853. The fourth-order valence-corrected chi connectivity index (χ4v) is 6.54. The Labute approximate surface area is 271 Å². The van der Waals surface area contributed by atoms with E-state index in [4.69, 9.17) is 10.2 Å². The van der Waals surface area contributed by atoms with Crippen molar-refractivity contribution in [1.29, 1.82) is 0 Å². The maximum atomic E-state index is 11.0. The van der Waals surface area contributed by atoms with E-state index in [9.17, 15) is 19.5 Å². The van der Waals surface area contributed by atoms with Gasteiger partial charge in [0.05, 0.1) is 26.2 Å². The number of carboxylic acid groups (broad SMARTS) is 3. The molecule has 2 N–H and O–H groups in total. The van der Waals surface area contributed by atoms with Crippen LogP contribution >= 0.6 is 0 Å². The summed E-state index contributed by atoms with van der Waals surface area (Å²) in [5, 5.41) is 29.0. The summed E-state index contributed by atoms with van der Waals surface area (Å²) in [4.78, 5) is 32.9. The van der Waals surface area contributed by atoms with E-state index in [-0.39, 0.29) is 19.3 Å². The molecule has 0 aliphatic carbocycles. The molecule has 0 aromatic heterocycles. The number of aliphatic carboxylic acids is 3. The Hall–Kier alpha value is -1.63. The molecule has 0 rings (SSSR count). The van der Waals surface area contributed by atoms with E-state index in [0.717, 1.165) is 56.3 Å². The Balaban J connectivity index is 4.19. The summed E-state index contributed by atoms with van der Waals surface area (Å²) >= 11 is 0. The highest BCUT2D eigenvalue weighted by Crippen LogP contribution is 2.20. The topological polar surface area (TPSA) is 115 Å². The van der Waals surface area contributed by atoms with Crippen molar-refractivity contribution >= 4 is 17.9 Å². The zero-order chi connectivity index (χ0) is 32.6. The molecule has 0 aliphatic rings. The van der Waals surface area contributed by atoms with Crippen LogP contribution in [-0.2, 0) is 14.4 Å². The van der Waals surface area contributed by atoms with Crippen LogP contribution < -0.4 is 5.11 Å². The summed E-state index contributed by atoms with van der Waals surface area (Å²) in [6.45, 7) is 5.91. The highest BCUT2D eigenvalue weighted by Gasteiger charge is 2.26. The quantitative estimate of drug-likeness (QED) is 0.0530. The summed E-state index contributed by atoms with van der Waals surface area (Å²) in [5.41, 5.74) is 0. The van der Waals surface area contributed by atoms with Gasteiger partial charge in [0.2, 0.25) is 0 Å². The van der Waals surface area contributed by atoms with E-state index in [1.165, 1.54) is 122 Å². The highest BCUT2D eigenvalue weighted by atomic mass is 16.4. The lowest BCUT2D eigenvalue weighted by Crippen LogP contribution is -2.51. The molecule has 0 aromatic rings. The van der Waals surface area contributed by atoms with Gasteiger partial charge in [-0.1, -0.05) is 122 Å². The van der Waals surface area contributed by atoms with Crippen LogP contribution in [0, 0.1) is 0 Å². The van der Waals surface area contributed by atoms with Crippen LogP contribution in [0.3, 0.4) is 0 Å². The number of quaternary nitrogens is 1. The van der Waals surface area contributed by atoms with Gasteiger partial charge in [-0.3, -0.25) is 9.59 Å². The Bertz CT molecular complexity index is 628. The van der Waals surface area contributed by atoms with E-state index in [2.05, 4.69) is 6.92 Å². The number of nitrogens with zero attached hydrogens (tertiary/aromatic N) is 1. The third-order valence-electron chi connectivity index (χ3n) is 9.30. The molecule has 0 aromatic carbocycles. The van der Waals surface area contributed by atoms with Gasteiger partial charge in [0.15, 0.2) is 0 Å². The zero-order valence-electron chi connectivity index (χ0n) is 28.8. The number of unbranched alkanes of at least 4 members (excludes halogenated alkanes) is 22. The molecule has 0 bridgehead atoms. The molecule has 7 nitrogen and oxygen atoms in total. The van der Waals surface area contributed by atoms with Crippen molar-refractivity contribution in [2.75, 3.05) is 26.2 Å². The maximum Gasteiger partial charge on any atom is 0.303 e. The van der Waals surface area contributed by atoms with Crippen molar-refractivity contribution in [3.05, 3.63) is 0 Å². The first-order valence-corrected chi connectivity index (χ1v) is 18.8. The average molecular weight is 626 g/mol. The lowest BCUT2D eigenvalue weighted by atomic mass is 10.0. The minimum atomic E-state index is -1.01. The number of carbonyl (C=O) groups excluding carboxylic acids is 1. The van der Waals surface area contributed by atoms with Crippen LogP contribution in [0.25, 0.3) is 0 Å². The fourth-order valence-electron chi connectivity index (χ4n) is 6.54. The standard InChI is InChI=1S/C37H71NO6/c1-2-3-4-5-6-7-8-9-10-11-12-13-14-15-16-17-18-19-20-24-31-38(32-25-21-28-35(39)40,33-26-22-29-36(41)42)34-27-23-30-37(43)44/h2-34H2,1H3,(H2-,39,40,41,42,43,44). The number of carboxylic acids is 3. The Morgan fingerprint density at radius 2 is 0.659 bits per heavy atom. The van der Waals surface area contributed by atoms with Crippen LogP contribution in [0.4, 0.5) is 0 Å². The number of hydrogen-bond acceptors (Lipinski definition) is 4. The van der Waals surface area contributed by atoms with Crippen molar-refractivity contribution in [1.82, 2.24) is 0 Å². The molecular weight excluding hydrogens is 554 g/mol. The van der Waals surface area contributed by atoms with Crippen LogP contribution in [0.1, 0.15) is 193 Å². The Morgan fingerprint density at radius 1 is 0.409 bits per heavy atom. The molecule has 0 atom stereocenters. The van der Waals surface area contributed by atoms with Crippen molar-refractivity contribution in [3.8, 4) is 0 Å². The third kappa shape index (κ3) is 30.4. The van der Waals surface area contributed by atoms with E-state index in [0.29, 0.717) is 19.3 Å². The summed E-state index contributed by atoms with van der Waals surface area (Å²) in [5.74, 6) is -2.56. The van der Waals surface area contributed by atoms with Gasteiger partial charge in [0.1, 0.15) is 0 Å². The van der Waals surface area contributed by atoms with Gasteiger partial charge in [-0.05, 0) is 57.8 Å². The minimum Gasteiger partial charge on any atom is -0.550 e. The number of hydrogen-bond donors (Lipinski definition) is 2. The molecule has 0 heterocycles.